The van der Waals surface area contributed by atoms with Gasteiger partial charge >= 0.3 is 12.0 Å². The van der Waals surface area contributed by atoms with E-state index in [0.29, 0.717) is 29.7 Å². The lowest BCUT2D eigenvalue weighted by Gasteiger charge is -2.28. The third-order valence-electron chi connectivity index (χ3n) is 6.15. The van der Waals surface area contributed by atoms with Gasteiger partial charge in [0.15, 0.2) is 11.6 Å². The van der Waals surface area contributed by atoms with Gasteiger partial charge in [0.25, 0.3) is 0 Å². The van der Waals surface area contributed by atoms with Gasteiger partial charge in [-0.2, -0.15) is 8.78 Å². The van der Waals surface area contributed by atoms with E-state index in [2.05, 4.69) is 20.3 Å². The number of rotatable bonds is 5. The van der Waals surface area contributed by atoms with E-state index in [1.807, 2.05) is 32.6 Å². The fourth-order valence-corrected chi connectivity index (χ4v) is 4.37. The average Bonchev–Trinajstić information content (AvgIpc) is 3.36. The van der Waals surface area contributed by atoms with Crippen LogP contribution < -0.4 is 10.2 Å². The second-order valence-corrected chi connectivity index (χ2v) is 10.6. The summed E-state index contributed by atoms with van der Waals surface area (Å²) in [7, 11) is 1.71. The van der Waals surface area contributed by atoms with E-state index in [4.69, 9.17) is 9.84 Å². The van der Waals surface area contributed by atoms with Crippen molar-refractivity contribution in [3.05, 3.63) is 30.4 Å². The lowest BCUT2D eigenvalue weighted by molar-refractivity contribution is -0.114. The smallest absolute Gasteiger partial charge is 0.410 e. The summed E-state index contributed by atoms with van der Waals surface area (Å²) in [4.78, 5) is 40.1. The predicted octanol–water partition coefficient (Wildman–Crippen LogP) is 4.11. The van der Waals surface area contributed by atoms with Crippen molar-refractivity contribution >= 4 is 34.5 Å². The number of aromatic nitrogens is 5. The van der Waals surface area contributed by atoms with Crippen LogP contribution in [0.25, 0.3) is 16.7 Å². The average molecular weight is 531 g/mol. The van der Waals surface area contributed by atoms with E-state index in [1.54, 1.807) is 24.2 Å². The minimum Gasteiger partial charge on any atom is -0.444 e. The van der Waals surface area contributed by atoms with Gasteiger partial charge in [-0.25, -0.2) is 24.4 Å². The highest BCUT2D eigenvalue weighted by molar-refractivity contribution is 5.95. The summed E-state index contributed by atoms with van der Waals surface area (Å²) in [6, 6.07) is 2.95. The fraction of sp³-hybridized carbons (Fsp3) is 0.520. The molecule has 2 amide bonds. The van der Waals surface area contributed by atoms with Crippen molar-refractivity contribution in [3.63, 3.8) is 0 Å². The first-order chi connectivity index (χ1) is 17.6. The van der Waals surface area contributed by atoms with E-state index in [-0.39, 0.29) is 29.6 Å². The number of carbonyl (C=O) groups is 2. The molecule has 1 fully saturated rings. The molecule has 3 aromatic heterocycles. The Kier molecular flexibility index (Phi) is 6.97. The summed E-state index contributed by atoms with van der Waals surface area (Å²) in [6.45, 7) is 10.0. The number of alkyl halides is 2. The zero-order valence-corrected chi connectivity index (χ0v) is 22.5. The zero-order chi connectivity index (χ0) is 28.0. The Morgan fingerprint density at radius 3 is 2.55 bits per heavy atom. The van der Waals surface area contributed by atoms with Crippen molar-refractivity contribution in [2.45, 2.75) is 71.6 Å². The molecule has 0 bridgehead atoms. The topological polar surface area (TPSA) is 118 Å². The molecular formula is C25H32F2N8O3. The molecule has 0 spiro atoms. The number of carbonyl (C=O) groups excluding carboxylic acids is 2. The number of nitrogens with zero attached hydrogens (tertiary/aromatic N) is 7. The largest absolute Gasteiger partial charge is 0.444 e. The molecule has 1 N–H and O–H groups in total. The Morgan fingerprint density at radius 1 is 1.21 bits per heavy atom. The molecule has 4 heterocycles. The van der Waals surface area contributed by atoms with Gasteiger partial charge in [0.05, 0.1) is 16.9 Å². The van der Waals surface area contributed by atoms with E-state index in [9.17, 15) is 18.4 Å². The van der Waals surface area contributed by atoms with Gasteiger partial charge in [-0.1, -0.05) is 0 Å². The molecule has 1 aliphatic rings. The van der Waals surface area contributed by atoms with Crippen LogP contribution in [0.4, 0.5) is 25.2 Å². The van der Waals surface area contributed by atoms with Crippen LogP contribution in [0, 0.1) is 0 Å². The van der Waals surface area contributed by atoms with E-state index in [1.165, 1.54) is 23.9 Å². The number of anilines is 2. The summed E-state index contributed by atoms with van der Waals surface area (Å²) in [5.74, 6) is -3.21. The first-order valence-electron chi connectivity index (χ1n) is 12.2. The van der Waals surface area contributed by atoms with Crippen molar-refractivity contribution in [1.82, 2.24) is 29.6 Å². The SMILES string of the molecule is CC(=O)Nc1cc2c(cn1)c(N1CC(N(C)C(=O)OC(C)(C)C)CC1C)nn2-c1ccnc(C(C)(F)F)n1. The number of hydrogen-bond acceptors (Lipinski definition) is 8. The molecule has 1 aliphatic heterocycles. The number of likely N-dealkylation sites (N-methyl/N-ethyl adjacent to an activating group) is 1. The van der Waals surface area contributed by atoms with Crippen LogP contribution in [-0.4, -0.2) is 72.9 Å². The van der Waals surface area contributed by atoms with Crippen LogP contribution in [0.15, 0.2) is 24.5 Å². The number of ether oxygens (including phenoxy) is 1. The minimum atomic E-state index is -3.24. The van der Waals surface area contributed by atoms with E-state index in [0.717, 1.165) is 6.92 Å². The number of amides is 2. The van der Waals surface area contributed by atoms with Crippen molar-refractivity contribution in [3.8, 4) is 5.82 Å². The first-order valence-corrected chi connectivity index (χ1v) is 12.2. The molecule has 13 heteroatoms. The molecule has 4 rings (SSSR count). The molecule has 0 aliphatic carbocycles. The summed E-state index contributed by atoms with van der Waals surface area (Å²) in [5.41, 5.74) is -0.105. The highest BCUT2D eigenvalue weighted by atomic mass is 19.3. The Labute approximate surface area is 219 Å². The maximum absolute atomic E-state index is 14.0. The maximum atomic E-state index is 14.0. The molecule has 2 unspecified atom stereocenters. The second-order valence-electron chi connectivity index (χ2n) is 10.6. The zero-order valence-electron chi connectivity index (χ0n) is 22.5. The van der Waals surface area contributed by atoms with Gasteiger partial charge in [0.2, 0.25) is 11.7 Å². The van der Waals surface area contributed by atoms with E-state index < -0.39 is 23.4 Å². The first kappa shape index (κ1) is 27.1. The van der Waals surface area contributed by atoms with Gasteiger partial charge < -0.3 is 19.9 Å². The quantitative estimate of drug-likeness (QED) is 0.524. The monoisotopic (exact) mass is 530 g/mol. The molecule has 38 heavy (non-hydrogen) atoms. The number of pyridine rings is 1. The summed E-state index contributed by atoms with van der Waals surface area (Å²) in [5, 5.41) is 8.02. The molecule has 0 saturated carbocycles. The molecule has 2 atom stereocenters. The van der Waals surface area contributed by atoms with Gasteiger partial charge in [0, 0.05) is 58.0 Å². The summed E-state index contributed by atoms with van der Waals surface area (Å²) >= 11 is 0. The molecule has 3 aromatic rings. The normalized spacial score (nSPS) is 18.1. The summed E-state index contributed by atoms with van der Waals surface area (Å²) in [6.07, 6.45) is 3.08. The number of fused-ring (bicyclic) bond motifs is 1. The van der Waals surface area contributed by atoms with Crippen LogP contribution in [0.1, 0.15) is 53.8 Å². The van der Waals surface area contributed by atoms with Crippen LogP contribution >= 0.6 is 0 Å². The van der Waals surface area contributed by atoms with Gasteiger partial charge in [-0.3, -0.25) is 4.79 Å². The van der Waals surface area contributed by atoms with Crippen molar-refractivity contribution in [2.75, 3.05) is 23.8 Å². The Hall–Kier alpha value is -3.90. The van der Waals surface area contributed by atoms with Crippen molar-refractivity contribution < 1.29 is 23.1 Å². The number of halogens is 2. The number of nitrogens with one attached hydrogen (secondary N) is 1. The highest BCUT2D eigenvalue weighted by Gasteiger charge is 2.37. The van der Waals surface area contributed by atoms with Crippen LogP contribution in [0.3, 0.4) is 0 Å². The summed E-state index contributed by atoms with van der Waals surface area (Å²) < 4.78 is 35.0. The standard InChI is InChI=1S/C25H32F2N8O3/c1-14-10-16(33(7)23(37)38-24(3,4)5)13-34(14)21-17-12-29-19(30-15(2)36)11-18(17)35(32-21)20-8-9-28-22(31-20)25(6,26)27/h8-9,11-12,14,16H,10,13H2,1-7H3,(H,29,30,36). The third kappa shape index (κ3) is 5.65. The third-order valence-corrected chi connectivity index (χ3v) is 6.15. The fourth-order valence-electron chi connectivity index (χ4n) is 4.37. The molecular weight excluding hydrogens is 498 g/mol. The van der Waals surface area contributed by atoms with E-state index >= 15 is 0 Å². The van der Waals surface area contributed by atoms with Gasteiger partial charge in [-0.05, 0) is 34.1 Å². The lowest BCUT2D eigenvalue weighted by Crippen LogP contribution is -2.42. The van der Waals surface area contributed by atoms with Gasteiger partial charge in [0.1, 0.15) is 11.4 Å². The van der Waals surface area contributed by atoms with Crippen LogP contribution in [-0.2, 0) is 15.5 Å². The molecule has 11 nitrogen and oxygen atoms in total. The van der Waals surface area contributed by atoms with Crippen LogP contribution in [0.2, 0.25) is 0 Å². The molecule has 204 valence electrons. The highest BCUT2D eigenvalue weighted by Crippen LogP contribution is 2.35. The van der Waals surface area contributed by atoms with Crippen LogP contribution in [0.5, 0.6) is 0 Å². The lowest BCUT2D eigenvalue weighted by atomic mass is 10.2. The number of hydrogen-bond donors (Lipinski definition) is 1. The van der Waals surface area contributed by atoms with Gasteiger partial charge in [-0.15, -0.1) is 5.10 Å². The Bertz CT molecular complexity index is 1360. The minimum absolute atomic E-state index is 0.00704. The Morgan fingerprint density at radius 2 is 1.92 bits per heavy atom. The Balaban J connectivity index is 1.76. The molecule has 0 aromatic carbocycles. The molecule has 1 saturated heterocycles. The second kappa shape index (κ2) is 9.76. The van der Waals surface area contributed by atoms with Crippen molar-refractivity contribution in [1.29, 1.82) is 0 Å². The maximum Gasteiger partial charge on any atom is 0.410 e. The van der Waals surface area contributed by atoms with Crippen molar-refractivity contribution in [2.24, 2.45) is 0 Å². The molecule has 0 radical (unpaired) electrons. The predicted molar refractivity (Wildman–Crippen MR) is 138 cm³/mol.